The van der Waals surface area contributed by atoms with Crippen LogP contribution in [0.15, 0.2) is 24.3 Å². The van der Waals surface area contributed by atoms with E-state index < -0.39 is 5.97 Å². The first kappa shape index (κ1) is 19.2. The average molecular weight is 372 g/mol. The van der Waals surface area contributed by atoms with Crippen LogP contribution in [0.1, 0.15) is 31.0 Å². The van der Waals surface area contributed by atoms with E-state index in [0.717, 1.165) is 30.5 Å². The first-order valence-electron chi connectivity index (χ1n) is 9.54. The van der Waals surface area contributed by atoms with Crippen LogP contribution in [0.4, 0.5) is 4.79 Å². The topological polar surface area (TPSA) is 97.5 Å². The van der Waals surface area contributed by atoms with Crippen LogP contribution in [0.3, 0.4) is 0 Å². The number of carboxylic acids is 1. The van der Waals surface area contributed by atoms with E-state index in [4.69, 9.17) is 5.11 Å². The number of aliphatic carboxylic acids is 1. The third kappa shape index (κ3) is 4.60. The molecule has 1 aromatic carbocycles. The van der Waals surface area contributed by atoms with Gasteiger partial charge in [0.05, 0.1) is 6.54 Å². The lowest BCUT2D eigenvalue weighted by Crippen LogP contribution is -2.56. The summed E-state index contributed by atoms with van der Waals surface area (Å²) < 4.78 is 0. The Morgan fingerprint density at radius 3 is 2.74 bits per heavy atom. The first-order chi connectivity index (χ1) is 13.0. The molecule has 2 amide bonds. The number of H-pyrrole nitrogens is 1. The minimum absolute atomic E-state index is 0.0596. The van der Waals surface area contributed by atoms with Gasteiger partial charge in [-0.3, -0.25) is 9.69 Å². The van der Waals surface area contributed by atoms with Crippen molar-refractivity contribution in [1.82, 2.24) is 20.5 Å². The molecule has 146 valence electrons. The van der Waals surface area contributed by atoms with E-state index in [0.29, 0.717) is 13.1 Å². The molecule has 27 heavy (non-hydrogen) atoms. The van der Waals surface area contributed by atoms with Crippen LogP contribution < -0.4 is 10.6 Å². The SMILES string of the molecule is CCN(CC(=O)O)C1CC(NC(=O)NCCc2c(C)[nH]c3ccccc23)C1. The van der Waals surface area contributed by atoms with Crippen molar-refractivity contribution in [2.75, 3.05) is 19.6 Å². The number of nitrogens with one attached hydrogen (secondary N) is 3. The summed E-state index contributed by atoms with van der Waals surface area (Å²) in [6, 6.07) is 8.39. The molecular weight excluding hydrogens is 344 g/mol. The van der Waals surface area contributed by atoms with Gasteiger partial charge in [-0.1, -0.05) is 25.1 Å². The second-order valence-electron chi connectivity index (χ2n) is 7.20. The number of benzene rings is 1. The summed E-state index contributed by atoms with van der Waals surface area (Å²) in [5, 5.41) is 16.0. The van der Waals surface area contributed by atoms with E-state index in [1.54, 1.807) is 0 Å². The number of carboxylic acid groups (broad SMARTS) is 1. The van der Waals surface area contributed by atoms with Crippen molar-refractivity contribution < 1.29 is 14.7 Å². The van der Waals surface area contributed by atoms with Gasteiger partial charge in [-0.15, -0.1) is 0 Å². The Morgan fingerprint density at radius 2 is 2.04 bits per heavy atom. The molecule has 1 saturated carbocycles. The molecule has 2 aromatic rings. The molecule has 1 aliphatic rings. The average Bonchev–Trinajstić information content (AvgIpc) is 2.91. The lowest BCUT2D eigenvalue weighted by Gasteiger charge is -2.42. The third-order valence-corrected chi connectivity index (χ3v) is 5.40. The fourth-order valence-electron chi connectivity index (χ4n) is 3.87. The molecule has 1 heterocycles. The van der Waals surface area contributed by atoms with Gasteiger partial charge in [0, 0.05) is 35.2 Å². The van der Waals surface area contributed by atoms with Crippen molar-refractivity contribution in [3.8, 4) is 0 Å². The Labute approximate surface area is 159 Å². The number of nitrogens with zero attached hydrogens (tertiary/aromatic N) is 1. The van der Waals surface area contributed by atoms with Gasteiger partial charge in [0.25, 0.3) is 0 Å². The zero-order valence-corrected chi connectivity index (χ0v) is 15.9. The normalized spacial score (nSPS) is 19.1. The van der Waals surface area contributed by atoms with Gasteiger partial charge in [0.1, 0.15) is 0 Å². The second-order valence-corrected chi connectivity index (χ2v) is 7.20. The third-order valence-electron chi connectivity index (χ3n) is 5.40. The highest BCUT2D eigenvalue weighted by Gasteiger charge is 2.34. The summed E-state index contributed by atoms with van der Waals surface area (Å²) in [5.74, 6) is -0.807. The molecule has 0 bridgehead atoms. The lowest BCUT2D eigenvalue weighted by atomic mass is 9.85. The smallest absolute Gasteiger partial charge is 0.317 e. The molecular formula is C20H28N4O3. The van der Waals surface area contributed by atoms with E-state index in [2.05, 4.69) is 34.7 Å². The highest BCUT2D eigenvalue weighted by Crippen LogP contribution is 2.25. The molecule has 0 unspecified atom stereocenters. The largest absolute Gasteiger partial charge is 0.480 e. The molecule has 1 fully saturated rings. The summed E-state index contributed by atoms with van der Waals surface area (Å²) in [6.45, 7) is 5.36. The summed E-state index contributed by atoms with van der Waals surface area (Å²) in [6.07, 6.45) is 2.38. The second kappa shape index (κ2) is 8.43. The van der Waals surface area contributed by atoms with Gasteiger partial charge >= 0.3 is 12.0 Å². The van der Waals surface area contributed by atoms with E-state index in [1.807, 2.05) is 24.0 Å². The van der Waals surface area contributed by atoms with E-state index >= 15 is 0 Å². The monoisotopic (exact) mass is 372 g/mol. The predicted molar refractivity (Wildman–Crippen MR) is 105 cm³/mol. The van der Waals surface area contributed by atoms with Crippen molar-refractivity contribution in [2.24, 2.45) is 0 Å². The number of amides is 2. The van der Waals surface area contributed by atoms with Gasteiger partial charge in [0.2, 0.25) is 0 Å². The van der Waals surface area contributed by atoms with Crippen LogP contribution in [0.2, 0.25) is 0 Å². The molecule has 0 saturated heterocycles. The lowest BCUT2D eigenvalue weighted by molar-refractivity contribution is -0.139. The number of urea groups is 1. The maximum absolute atomic E-state index is 12.1. The number of aromatic nitrogens is 1. The van der Waals surface area contributed by atoms with Crippen molar-refractivity contribution in [3.05, 3.63) is 35.5 Å². The molecule has 4 N–H and O–H groups in total. The van der Waals surface area contributed by atoms with Gasteiger partial charge < -0.3 is 20.7 Å². The van der Waals surface area contributed by atoms with Gasteiger partial charge in [-0.25, -0.2) is 4.79 Å². The molecule has 1 aliphatic carbocycles. The van der Waals surface area contributed by atoms with Crippen LogP contribution in [-0.2, 0) is 11.2 Å². The van der Waals surface area contributed by atoms with Crippen molar-refractivity contribution in [2.45, 2.75) is 45.2 Å². The zero-order chi connectivity index (χ0) is 19.4. The number of carbonyl (C=O) groups excluding carboxylic acids is 1. The van der Waals surface area contributed by atoms with Crippen LogP contribution in [0.5, 0.6) is 0 Å². The zero-order valence-electron chi connectivity index (χ0n) is 15.9. The highest BCUT2D eigenvalue weighted by molar-refractivity contribution is 5.84. The summed E-state index contributed by atoms with van der Waals surface area (Å²) in [5.41, 5.74) is 3.50. The van der Waals surface area contributed by atoms with Crippen LogP contribution in [-0.4, -0.2) is 58.7 Å². The fraction of sp³-hybridized carbons (Fsp3) is 0.500. The standard InChI is InChI=1S/C20H28N4O3/c1-3-24(12-19(25)26)15-10-14(11-15)23-20(27)21-9-8-16-13(2)22-18-7-5-4-6-17(16)18/h4-7,14-15,22H,3,8-12H2,1-2H3,(H,25,26)(H2,21,23,27). The molecule has 0 radical (unpaired) electrons. The van der Waals surface area contributed by atoms with E-state index in [9.17, 15) is 9.59 Å². The summed E-state index contributed by atoms with van der Waals surface area (Å²) in [4.78, 5) is 28.3. The number of hydrogen-bond acceptors (Lipinski definition) is 3. The van der Waals surface area contributed by atoms with Crippen molar-refractivity contribution in [1.29, 1.82) is 0 Å². The fourth-order valence-corrected chi connectivity index (χ4v) is 3.87. The van der Waals surface area contributed by atoms with Crippen LogP contribution >= 0.6 is 0 Å². The van der Waals surface area contributed by atoms with Crippen LogP contribution in [0, 0.1) is 6.92 Å². The molecule has 0 aliphatic heterocycles. The summed E-state index contributed by atoms with van der Waals surface area (Å²) in [7, 11) is 0. The minimum atomic E-state index is -0.807. The number of aryl methyl sites for hydroxylation is 1. The Hall–Kier alpha value is -2.54. The van der Waals surface area contributed by atoms with Gasteiger partial charge in [-0.2, -0.15) is 0 Å². The number of rotatable bonds is 8. The number of aromatic amines is 1. The number of carbonyl (C=O) groups is 2. The van der Waals surface area contributed by atoms with Gasteiger partial charge in [-0.05, 0) is 44.4 Å². The van der Waals surface area contributed by atoms with Gasteiger partial charge in [0.15, 0.2) is 0 Å². The quantitative estimate of drug-likeness (QED) is 0.571. The minimum Gasteiger partial charge on any atom is -0.480 e. The maximum Gasteiger partial charge on any atom is 0.317 e. The molecule has 7 heteroatoms. The van der Waals surface area contributed by atoms with Crippen molar-refractivity contribution in [3.63, 3.8) is 0 Å². The highest BCUT2D eigenvalue weighted by atomic mass is 16.4. The Kier molecular flexibility index (Phi) is 6.01. The van der Waals surface area contributed by atoms with Crippen molar-refractivity contribution >= 4 is 22.9 Å². The molecule has 3 rings (SSSR count). The number of fused-ring (bicyclic) bond motifs is 1. The number of likely N-dealkylation sites (N-methyl/N-ethyl adjacent to an activating group) is 1. The number of para-hydroxylation sites is 1. The van der Waals surface area contributed by atoms with E-state index in [-0.39, 0.29) is 24.7 Å². The van der Waals surface area contributed by atoms with Crippen LogP contribution in [0.25, 0.3) is 10.9 Å². The Bertz CT molecular complexity index is 811. The molecule has 7 nitrogen and oxygen atoms in total. The maximum atomic E-state index is 12.1. The molecule has 1 aromatic heterocycles. The molecule has 0 spiro atoms. The first-order valence-corrected chi connectivity index (χ1v) is 9.54. The molecule has 0 atom stereocenters. The summed E-state index contributed by atoms with van der Waals surface area (Å²) >= 11 is 0. The Morgan fingerprint density at radius 1 is 1.30 bits per heavy atom. The Balaban J connectivity index is 1.41. The van der Waals surface area contributed by atoms with E-state index in [1.165, 1.54) is 10.9 Å². The number of hydrogen-bond donors (Lipinski definition) is 4. The predicted octanol–water partition coefficient (Wildman–Crippen LogP) is 2.26.